The minimum atomic E-state index is -0.756. The largest absolute Gasteiger partial charge is 0.454 e. The summed E-state index contributed by atoms with van der Waals surface area (Å²) < 4.78 is 32.6. The highest BCUT2D eigenvalue weighted by Crippen LogP contribution is 2.29. The quantitative estimate of drug-likeness (QED) is 0.894. The Hall–Kier alpha value is -1.46. The van der Waals surface area contributed by atoms with Gasteiger partial charge in [0.1, 0.15) is 11.6 Å². The Labute approximate surface area is 117 Å². The number of hydrogen-bond donors (Lipinski definition) is 1. The normalized spacial score (nSPS) is 12.3. The Balaban J connectivity index is 2.25. The number of aliphatic hydroxyl groups is 1. The van der Waals surface area contributed by atoms with Gasteiger partial charge in [-0.2, -0.15) is 0 Å². The predicted octanol–water partition coefficient (Wildman–Crippen LogP) is 4.57. The number of benzene rings is 2. The van der Waals surface area contributed by atoms with Crippen molar-refractivity contribution in [2.75, 3.05) is 0 Å². The molecule has 0 amide bonds. The van der Waals surface area contributed by atoms with Crippen molar-refractivity contribution in [3.05, 3.63) is 58.1 Å². The molecule has 0 aliphatic carbocycles. The third-order valence-electron chi connectivity index (χ3n) is 2.56. The van der Waals surface area contributed by atoms with E-state index in [4.69, 9.17) is 4.74 Å². The summed E-state index contributed by atoms with van der Waals surface area (Å²) in [6.45, 7) is 1.54. The van der Waals surface area contributed by atoms with E-state index in [0.717, 1.165) is 6.07 Å². The van der Waals surface area contributed by atoms with E-state index in [-0.39, 0.29) is 11.5 Å². The van der Waals surface area contributed by atoms with Crippen molar-refractivity contribution in [1.29, 1.82) is 0 Å². The fourth-order valence-electron chi connectivity index (χ4n) is 1.53. The van der Waals surface area contributed by atoms with Crippen LogP contribution in [0.1, 0.15) is 18.6 Å². The second kappa shape index (κ2) is 5.67. The second-order valence-corrected chi connectivity index (χ2v) is 4.90. The molecule has 5 heteroatoms. The predicted molar refractivity (Wildman–Crippen MR) is 71.2 cm³/mol. The zero-order valence-electron chi connectivity index (χ0n) is 10.0. The van der Waals surface area contributed by atoms with Gasteiger partial charge in [0.2, 0.25) is 0 Å². The highest BCUT2D eigenvalue weighted by Gasteiger charge is 2.10. The monoisotopic (exact) mass is 328 g/mol. The molecular formula is C14H11BrF2O2. The molecule has 0 heterocycles. The smallest absolute Gasteiger partial charge is 0.166 e. The molecule has 100 valence electrons. The van der Waals surface area contributed by atoms with Crippen LogP contribution in [0.25, 0.3) is 0 Å². The van der Waals surface area contributed by atoms with Crippen LogP contribution in [0.3, 0.4) is 0 Å². The summed E-state index contributed by atoms with van der Waals surface area (Å²) in [6.07, 6.45) is -0.756. The molecular weight excluding hydrogens is 318 g/mol. The lowest BCUT2D eigenvalue weighted by molar-refractivity contribution is 0.198. The van der Waals surface area contributed by atoms with Crippen LogP contribution in [0.5, 0.6) is 11.5 Å². The molecule has 2 aromatic carbocycles. The van der Waals surface area contributed by atoms with E-state index in [9.17, 15) is 13.9 Å². The van der Waals surface area contributed by atoms with Crippen LogP contribution in [0.2, 0.25) is 0 Å². The third kappa shape index (κ3) is 3.30. The second-order valence-electron chi connectivity index (χ2n) is 4.04. The Morgan fingerprint density at radius 1 is 1.11 bits per heavy atom. The van der Waals surface area contributed by atoms with Gasteiger partial charge in [-0.05, 0) is 52.7 Å². The molecule has 0 unspecified atom stereocenters. The summed E-state index contributed by atoms with van der Waals surface area (Å²) in [5.74, 6) is -0.921. The van der Waals surface area contributed by atoms with E-state index in [0.29, 0.717) is 10.0 Å². The third-order valence-corrected chi connectivity index (χ3v) is 3.20. The minimum absolute atomic E-state index is 0.0221. The molecule has 0 bridgehead atoms. The molecule has 0 radical (unpaired) electrons. The summed E-state index contributed by atoms with van der Waals surface area (Å²) in [5.41, 5.74) is 0.451. The van der Waals surface area contributed by atoms with Crippen LogP contribution >= 0.6 is 15.9 Å². The van der Waals surface area contributed by atoms with Gasteiger partial charge in [-0.1, -0.05) is 6.07 Å². The first kappa shape index (κ1) is 14.0. The van der Waals surface area contributed by atoms with E-state index >= 15 is 0 Å². The van der Waals surface area contributed by atoms with E-state index in [2.05, 4.69) is 15.9 Å². The first-order valence-electron chi connectivity index (χ1n) is 5.58. The molecule has 2 rings (SSSR count). The summed E-state index contributed by atoms with van der Waals surface area (Å²) in [4.78, 5) is 0. The molecule has 2 aromatic rings. The van der Waals surface area contributed by atoms with Crippen LogP contribution < -0.4 is 4.74 Å². The van der Waals surface area contributed by atoms with Crippen LogP contribution in [0, 0.1) is 11.6 Å². The molecule has 0 aromatic heterocycles. The number of ether oxygens (including phenoxy) is 1. The maximum atomic E-state index is 13.7. The van der Waals surface area contributed by atoms with Gasteiger partial charge < -0.3 is 9.84 Å². The van der Waals surface area contributed by atoms with E-state index in [1.54, 1.807) is 13.0 Å². The molecule has 0 spiro atoms. The first-order valence-corrected chi connectivity index (χ1v) is 6.37. The Morgan fingerprint density at radius 3 is 2.42 bits per heavy atom. The van der Waals surface area contributed by atoms with Crippen molar-refractivity contribution >= 4 is 15.9 Å². The molecule has 0 saturated heterocycles. The highest BCUT2D eigenvalue weighted by atomic mass is 79.9. The summed E-state index contributed by atoms with van der Waals surface area (Å²) >= 11 is 3.02. The lowest BCUT2D eigenvalue weighted by atomic mass is 10.1. The fraction of sp³-hybridized carbons (Fsp3) is 0.143. The van der Waals surface area contributed by atoms with E-state index in [1.165, 1.54) is 24.3 Å². The minimum Gasteiger partial charge on any atom is -0.454 e. The van der Waals surface area contributed by atoms with Crippen LogP contribution in [0.15, 0.2) is 40.9 Å². The topological polar surface area (TPSA) is 29.5 Å². The maximum absolute atomic E-state index is 13.7. The van der Waals surface area contributed by atoms with Gasteiger partial charge in [-0.3, -0.25) is 0 Å². The molecule has 1 N–H and O–H groups in total. The van der Waals surface area contributed by atoms with Crippen molar-refractivity contribution in [3.8, 4) is 11.5 Å². The van der Waals surface area contributed by atoms with Crippen molar-refractivity contribution in [2.45, 2.75) is 13.0 Å². The summed E-state index contributed by atoms with van der Waals surface area (Å²) in [7, 11) is 0. The first-order chi connectivity index (χ1) is 8.97. The Kier molecular flexibility index (Phi) is 4.17. The van der Waals surface area contributed by atoms with Gasteiger partial charge >= 0.3 is 0 Å². The lowest BCUT2D eigenvalue weighted by Crippen LogP contribution is -1.95. The average molecular weight is 329 g/mol. The Bertz CT molecular complexity index is 600. The zero-order valence-corrected chi connectivity index (χ0v) is 11.6. The average Bonchev–Trinajstić information content (AvgIpc) is 2.36. The summed E-state index contributed by atoms with van der Waals surface area (Å²) in [5, 5.41) is 9.33. The highest BCUT2D eigenvalue weighted by molar-refractivity contribution is 9.10. The van der Waals surface area contributed by atoms with Crippen LogP contribution in [0.4, 0.5) is 8.78 Å². The van der Waals surface area contributed by atoms with Gasteiger partial charge in [-0.25, -0.2) is 8.78 Å². The van der Waals surface area contributed by atoms with Gasteiger partial charge in [0.25, 0.3) is 0 Å². The number of hydrogen-bond acceptors (Lipinski definition) is 2. The van der Waals surface area contributed by atoms with Crippen molar-refractivity contribution in [3.63, 3.8) is 0 Å². The van der Waals surface area contributed by atoms with Gasteiger partial charge in [0, 0.05) is 6.07 Å². The SMILES string of the molecule is C[C@H](O)c1ccc(Oc2ccc(Br)c(F)c2)c(F)c1. The van der Waals surface area contributed by atoms with Crippen molar-refractivity contribution < 1.29 is 18.6 Å². The van der Waals surface area contributed by atoms with Gasteiger partial charge in [0.05, 0.1) is 10.6 Å². The Morgan fingerprint density at radius 2 is 1.84 bits per heavy atom. The van der Waals surface area contributed by atoms with Crippen molar-refractivity contribution in [2.24, 2.45) is 0 Å². The summed E-state index contributed by atoms with van der Waals surface area (Å²) in [6, 6.07) is 8.30. The van der Waals surface area contributed by atoms with Crippen LogP contribution in [-0.2, 0) is 0 Å². The molecule has 0 fully saturated rings. The number of aliphatic hydroxyl groups excluding tert-OH is 1. The maximum Gasteiger partial charge on any atom is 0.166 e. The standard InChI is InChI=1S/C14H11BrF2O2/c1-8(18)9-2-5-14(13(17)6-9)19-10-3-4-11(15)12(16)7-10/h2-8,18H,1H3/t8-/m0/s1. The van der Waals surface area contributed by atoms with Gasteiger partial charge in [-0.15, -0.1) is 0 Å². The molecule has 19 heavy (non-hydrogen) atoms. The molecule has 0 aliphatic rings. The molecule has 2 nitrogen and oxygen atoms in total. The molecule has 0 saturated carbocycles. The van der Waals surface area contributed by atoms with Crippen molar-refractivity contribution in [1.82, 2.24) is 0 Å². The molecule has 1 atom stereocenters. The van der Waals surface area contributed by atoms with Crippen LogP contribution in [-0.4, -0.2) is 5.11 Å². The molecule has 0 aliphatic heterocycles. The van der Waals surface area contributed by atoms with Gasteiger partial charge in [0.15, 0.2) is 11.6 Å². The number of rotatable bonds is 3. The van der Waals surface area contributed by atoms with E-state index < -0.39 is 17.7 Å². The lowest BCUT2D eigenvalue weighted by Gasteiger charge is -2.10. The number of halogens is 3. The van der Waals surface area contributed by atoms with E-state index in [1.807, 2.05) is 0 Å². The zero-order chi connectivity index (χ0) is 14.0. The fourth-order valence-corrected chi connectivity index (χ4v) is 1.77.